The van der Waals surface area contributed by atoms with Gasteiger partial charge in [0.2, 0.25) is 5.91 Å². The molecule has 1 aliphatic rings. The second kappa shape index (κ2) is 9.29. The summed E-state index contributed by atoms with van der Waals surface area (Å²) in [6, 6.07) is 18.0. The third-order valence-corrected chi connectivity index (χ3v) is 6.20. The molecule has 4 heteroatoms. The van der Waals surface area contributed by atoms with E-state index in [1.807, 2.05) is 42.5 Å². The molecule has 0 aliphatic heterocycles. The number of benzene rings is 2. The van der Waals surface area contributed by atoms with Crippen molar-refractivity contribution in [2.75, 3.05) is 11.9 Å². The molecule has 1 fully saturated rings. The molecule has 1 aliphatic carbocycles. The molecule has 1 aromatic heterocycles. The lowest BCUT2D eigenvalue weighted by molar-refractivity contribution is -0.122. The third kappa shape index (κ3) is 4.04. The lowest BCUT2D eigenvalue weighted by Gasteiger charge is -2.36. The van der Waals surface area contributed by atoms with Gasteiger partial charge in [0.05, 0.1) is 17.7 Å². The molecule has 156 valence electrons. The maximum absolute atomic E-state index is 13.7. The summed E-state index contributed by atoms with van der Waals surface area (Å²) < 4.78 is 5.95. The van der Waals surface area contributed by atoms with Crippen molar-refractivity contribution in [2.24, 2.45) is 0 Å². The van der Waals surface area contributed by atoms with Gasteiger partial charge in [0, 0.05) is 11.6 Å². The van der Waals surface area contributed by atoms with E-state index < -0.39 is 5.41 Å². The molecule has 0 bridgehead atoms. The number of nitrogens with one attached hydrogen (secondary N) is 1. The first-order valence-electron chi connectivity index (χ1n) is 11.1. The molecule has 0 spiro atoms. The quantitative estimate of drug-likeness (QED) is 0.475. The van der Waals surface area contributed by atoms with Crippen LogP contribution < -0.4 is 10.1 Å². The van der Waals surface area contributed by atoms with E-state index in [9.17, 15) is 4.79 Å². The Morgan fingerprint density at radius 1 is 1.03 bits per heavy atom. The third-order valence-electron chi connectivity index (χ3n) is 6.20. The second-order valence-corrected chi connectivity index (χ2v) is 8.18. The van der Waals surface area contributed by atoms with Crippen molar-refractivity contribution in [3.05, 3.63) is 66.4 Å². The molecule has 30 heavy (non-hydrogen) atoms. The summed E-state index contributed by atoms with van der Waals surface area (Å²) in [6.45, 7) is 2.82. The molecule has 2 aromatic carbocycles. The number of hydrogen-bond donors (Lipinski definition) is 1. The highest BCUT2D eigenvalue weighted by atomic mass is 16.5. The molecular weight excluding hydrogens is 372 g/mol. The first-order chi connectivity index (χ1) is 14.7. The van der Waals surface area contributed by atoms with Crippen LogP contribution in [0, 0.1) is 0 Å². The van der Waals surface area contributed by atoms with Crippen LogP contribution in [0.5, 0.6) is 5.75 Å². The number of aromatic nitrogens is 1. The van der Waals surface area contributed by atoms with Crippen molar-refractivity contribution in [1.29, 1.82) is 0 Å². The normalized spacial score (nSPS) is 15.6. The van der Waals surface area contributed by atoms with Crippen molar-refractivity contribution in [3.63, 3.8) is 0 Å². The zero-order valence-electron chi connectivity index (χ0n) is 17.7. The van der Waals surface area contributed by atoms with Crippen LogP contribution in [0.1, 0.15) is 57.4 Å². The molecule has 4 rings (SSSR count). The van der Waals surface area contributed by atoms with E-state index in [-0.39, 0.29) is 5.91 Å². The second-order valence-electron chi connectivity index (χ2n) is 8.18. The Morgan fingerprint density at radius 3 is 2.60 bits per heavy atom. The lowest BCUT2D eigenvalue weighted by Crippen LogP contribution is -2.42. The average Bonchev–Trinajstić information content (AvgIpc) is 2.81. The fourth-order valence-corrected chi connectivity index (χ4v) is 4.50. The van der Waals surface area contributed by atoms with Crippen LogP contribution in [0.15, 0.2) is 60.8 Å². The summed E-state index contributed by atoms with van der Waals surface area (Å²) in [7, 11) is 0. The van der Waals surface area contributed by atoms with Gasteiger partial charge in [0.15, 0.2) is 0 Å². The summed E-state index contributed by atoms with van der Waals surface area (Å²) in [4.78, 5) is 18.2. The number of fused-ring (bicyclic) bond motifs is 1. The van der Waals surface area contributed by atoms with Gasteiger partial charge in [-0.05, 0) is 49.1 Å². The first kappa shape index (κ1) is 20.4. The molecule has 1 N–H and O–H groups in total. The summed E-state index contributed by atoms with van der Waals surface area (Å²) in [5.41, 5.74) is 2.24. The fraction of sp³-hybridized carbons (Fsp3) is 0.385. The maximum atomic E-state index is 13.7. The Balaban J connectivity index is 1.66. The van der Waals surface area contributed by atoms with Gasteiger partial charge in [-0.15, -0.1) is 0 Å². The highest BCUT2D eigenvalue weighted by Crippen LogP contribution is 2.41. The van der Waals surface area contributed by atoms with Crippen LogP contribution in [0.25, 0.3) is 10.9 Å². The number of amides is 1. The molecule has 0 radical (unpaired) electrons. The monoisotopic (exact) mass is 402 g/mol. The fourth-order valence-electron chi connectivity index (χ4n) is 4.50. The Morgan fingerprint density at radius 2 is 1.83 bits per heavy atom. The van der Waals surface area contributed by atoms with Gasteiger partial charge in [-0.25, -0.2) is 0 Å². The minimum atomic E-state index is -0.468. The predicted molar refractivity (Wildman–Crippen MR) is 122 cm³/mol. The van der Waals surface area contributed by atoms with Gasteiger partial charge >= 0.3 is 0 Å². The minimum absolute atomic E-state index is 0.0817. The number of carbonyl (C=O) groups excluding carboxylic acids is 1. The Labute approximate surface area is 178 Å². The van der Waals surface area contributed by atoms with Gasteiger partial charge in [0.25, 0.3) is 0 Å². The number of hydrogen-bond acceptors (Lipinski definition) is 3. The Bertz CT molecular complexity index is 994. The number of anilines is 1. The maximum Gasteiger partial charge on any atom is 0.235 e. The number of ether oxygens (including phenoxy) is 1. The molecule has 0 unspecified atom stereocenters. The van der Waals surface area contributed by atoms with Crippen LogP contribution in [0.2, 0.25) is 0 Å². The van der Waals surface area contributed by atoms with E-state index in [1.165, 1.54) is 6.42 Å². The summed E-state index contributed by atoms with van der Waals surface area (Å²) in [5, 5.41) is 4.17. The van der Waals surface area contributed by atoms with Gasteiger partial charge < -0.3 is 10.1 Å². The molecule has 0 atom stereocenters. The highest BCUT2D eigenvalue weighted by Gasteiger charge is 2.41. The van der Waals surface area contributed by atoms with E-state index in [1.54, 1.807) is 6.20 Å². The Kier molecular flexibility index (Phi) is 6.32. The van der Waals surface area contributed by atoms with Crippen molar-refractivity contribution in [3.8, 4) is 5.75 Å². The molecule has 1 amide bonds. The van der Waals surface area contributed by atoms with Gasteiger partial charge in [0.1, 0.15) is 11.3 Å². The van der Waals surface area contributed by atoms with Crippen LogP contribution in [0.4, 0.5) is 5.69 Å². The van der Waals surface area contributed by atoms with Crippen LogP contribution in [0.3, 0.4) is 0 Å². The smallest absolute Gasteiger partial charge is 0.235 e. The van der Waals surface area contributed by atoms with Crippen molar-refractivity contribution < 1.29 is 9.53 Å². The van der Waals surface area contributed by atoms with Gasteiger partial charge in [-0.3, -0.25) is 9.78 Å². The van der Waals surface area contributed by atoms with Crippen molar-refractivity contribution in [2.45, 2.75) is 57.3 Å². The molecule has 4 nitrogen and oxygen atoms in total. The van der Waals surface area contributed by atoms with Crippen molar-refractivity contribution in [1.82, 2.24) is 4.98 Å². The van der Waals surface area contributed by atoms with E-state index >= 15 is 0 Å². The number of carbonyl (C=O) groups is 1. The minimum Gasteiger partial charge on any atom is -0.491 e. The first-order valence-corrected chi connectivity index (χ1v) is 11.1. The standard InChI is InChI=1S/C26H30N2O2/c1-2-3-19-30-23-15-14-22(21-13-10-18-27-24(21)23)28-25(29)26(16-8-5-9-17-26)20-11-6-4-7-12-20/h4,6-7,10-15,18H,2-3,5,8-9,16-17,19H2,1H3,(H,28,29). The molecule has 1 saturated carbocycles. The van der Waals surface area contributed by atoms with E-state index in [0.29, 0.717) is 6.61 Å². The predicted octanol–water partition coefficient (Wildman–Crippen LogP) is 6.25. The van der Waals surface area contributed by atoms with Gasteiger partial charge in [-0.2, -0.15) is 0 Å². The molecular formula is C26H30N2O2. The van der Waals surface area contributed by atoms with E-state index in [4.69, 9.17) is 4.74 Å². The summed E-state index contributed by atoms with van der Waals surface area (Å²) in [5.74, 6) is 0.852. The molecule has 1 heterocycles. The SMILES string of the molecule is CCCCOc1ccc(NC(=O)C2(c3ccccc3)CCCCC2)c2cccnc12. The van der Waals surface area contributed by atoms with Crippen molar-refractivity contribution >= 4 is 22.5 Å². The number of rotatable bonds is 7. The lowest BCUT2D eigenvalue weighted by atomic mass is 9.68. The summed E-state index contributed by atoms with van der Waals surface area (Å²) >= 11 is 0. The van der Waals surface area contributed by atoms with E-state index in [2.05, 4.69) is 29.4 Å². The van der Waals surface area contributed by atoms with Crippen LogP contribution in [-0.4, -0.2) is 17.5 Å². The number of nitrogens with zero attached hydrogens (tertiary/aromatic N) is 1. The van der Waals surface area contributed by atoms with Crippen LogP contribution >= 0.6 is 0 Å². The molecule has 0 saturated heterocycles. The van der Waals surface area contributed by atoms with E-state index in [0.717, 1.165) is 66.4 Å². The number of pyridine rings is 1. The Hall–Kier alpha value is -2.88. The highest BCUT2D eigenvalue weighted by molar-refractivity contribution is 6.06. The summed E-state index contributed by atoms with van der Waals surface area (Å²) in [6.07, 6.45) is 8.98. The zero-order chi connectivity index (χ0) is 20.8. The van der Waals surface area contributed by atoms with Crippen LogP contribution in [-0.2, 0) is 10.2 Å². The largest absolute Gasteiger partial charge is 0.491 e. The average molecular weight is 403 g/mol. The van der Waals surface area contributed by atoms with Gasteiger partial charge in [-0.1, -0.05) is 62.9 Å². The number of unbranched alkanes of at least 4 members (excludes halogenated alkanes) is 1. The zero-order valence-corrected chi connectivity index (χ0v) is 17.7. The molecule has 3 aromatic rings. The topological polar surface area (TPSA) is 51.2 Å².